The number of carbonyl (C=O) groups is 1. The van der Waals surface area contributed by atoms with Gasteiger partial charge in [-0.1, -0.05) is 48.5 Å². The van der Waals surface area contributed by atoms with Gasteiger partial charge < -0.3 is 15.0 Å². The highest BCUT2D eigenvalue weighted by Crippen LogP contribution is 2.37. The molecule has 202 valence electrons. The number of likely N-dealkylation sites (tertiary alicyclic amines) is 1. The molecule has 0 bridgehead atoms. The molecule has 12 heteroatoms. The lowest BCUT2D eigenvalue weighted by Gasteiger charge is -2.41. The molecule has 1 atom stereocenters. The number of anilines is 1. The van der Waals surface area contributed by atoms with Crippen LogP contribution in [0.1, 0.15) is 25.3 Å². The Bertz CT molecular complexity index is 1620. The highest BCUT2D eigenvalue weighted by molar-refractivity contribution is 7.90. The third kappa shape index (κ3) is 5.28. The number of piperidine rings is 1. The van der Waals surface area contributed by atoms with Crippen molar-refractivity contribution in [1.29, 1.82) is 0 Å². The maximum atomic E-state index is 13.3. The van der Waals surface area contributed by atoms with Crippen LogP contribution in [-0.2, 0) is 21.4 Å². The van der Waals surface area contributed by atoms with Gasteiger partial charge in [-0.05, 0) is 43.5 Å². The van der Waals surface area contributed by atoms with Crippen molar-refractivity contribution in [3.8, 4) is 0 Å². The molecule has 1 aliphatic rings. The largest absolute Gasteiger partial charge is 0.445 e. The van der Waals surface area contributed by atoms with Gasteiger partial charge in [0.2, 0.25) is 0 Å². The number of pyridine rings is 1. The van der Waals surface area contributed by atoms with Crippen molar-refractivity contribution >= 4 is 38.5 Å². The summed E-state index contributed by atoms with van der Waals surface area (Å²) in [5.74, 6) is 0. The second kappa shape index (κ2) is 10.4. The van der Waals surface area contributed by atoms with Crippen LogP contribution in [0.4, 0.5) is 16.2 Å². The van der Waals surface area contributed by atoms with Crippen molar-refractivity contribution in [2.45, 2.75) is 36.8 Å². The van der Waals surface area contributed by atoms with E-state index in [1.807, 2.05) is 37.3 Å². The molecule has 1 aliphatic heterocycles. The van der Waals surface area contributed by atoms with E-state index in [9.17, 15) is 23.3 Å². The zero-order chi connectivity index (χ0) is 27.6. The zero-order valence-electron chi connectivity index (χ0n) is 21.2. The maximum Gasteiger partial charge on any atom is 0.410 e. The van der Waals surface area contributed by atoms with Gasteiger partial charge in [0.1, 0.15) is 18.5 Å². The van der Waals surface area contributed by atoms with Gasteiger partial charge in [0.25, 0.3) is 10.0 Å². The molecule has 1 fully saturated rings. The summed E-state index contributed by atoms with van der Waals surface area (Å²) in [4.78, 5) is 30.0. The second-order valence-corrected chi connectivity index (χ2v) is 11.5. The minimum atomic E-state index is -3.98. The number of carbonyl (C=O) groups excluding carboxylic acids is 1. The molecule has 0 aliphatic carbocycles. The molecule has 0 spiro atoms. The molecular formula is C27H27N5O6S. The van der Waals surface area contributed by atoms with E-state index in [1.165, 1.54) is 24.4 Å². The first kappa shape index (κ1) is 26.2. The molecule has 0 saturated carbocycles. The molecule has 11 nitrogen and oxygen atoms in total. The van der Waals surface area contributed by atoms with Crippen molar-refractivity contribution in [2.75, 3.05) is 18.4 Å². The number of hydrogen-bond acceptors (Lipinski definition) is 8. The Morgan fingerprint density at radius 1 is 1.13 bits per heavy atom. The summed E-state index contributed by atoms with van der Waals surface area (Å²) < 4.78 is 33.1. The van der Waals surface area contributed by atoms with Crippen LogP contribution in [0.5, 0.6) is 0 Å². The van der Waals surface area contributed by atoms with Crippen LogP contribution < -0.4 is 5.32 Å². The van der Waals surface area contributed by atoms with Gasteiger partial charge in [-0.15, -0.1) is 0 Å². The predicted octanol–water partition coefficient (Wildman–Crippen LogP) is 4.78. The van der Waals surface area contributed by atoms with Crippen LogP contribution in [0, 0.1) is 10.1 Å². The normalized spacial score (nSPS) is 17.6. The molecule has 1 saturated heterocycles. The molecular weight excluding hydrogens is 522 g/mol. The Morgan fingerprint density at radius 3 is 2.51 bits per heavy atom. The fraction of sp³-hybridized carbons (Fsp3) is 0.259. The number of nitrogens with zero attached hydrogens (tertiary/aromatic N) is 4. The number of aromatic nitrogens is 2. The van der Waals surface area contributed by atoms with E-state index in [4.69, 9.17) is 4.74 Å². The van der Waals surface area contributed by atoms with Crippen LogP contribution in [0.2, 0.25) is 0 Å². The van der Waals surface area contributed by atoms with E-state index < -0.39 is 26.6 Å². The highest BCUT2D eigenvalue weighted by Gasteiger charge is 2.36. The van der Waals surface area contributed by atoms with Gasteiger partial charge in [-0.25, -0.2) is 22.2 Å². The zero-order valence-corrected chi connectivity index (χ0v) is 22.0. The molecule has 3 heterocycles. The Morgan fingerprint density at radius 2 is 1.82 bits per heavy atom. The molecule has 2 aromatic carbocycles. The molecule has 1 amide bonds. The third-order valence-electron chi connectivity index (χ3n) is 6.74. The number of amides is 1. The molecule has 0 radical (unpaired) electrons. The van der Waals surface area contributed by atoms with Crippen molar-refractivity contribution in [3.05, 3.63) is 94.8 Å². The fourth-order valence-corrected chi connectivity index (χ4v) is 6.15. The predicted molar refractivity (Wildman–Crippen MR) is 145 cm³/mol. The average Bonchev–Trinajstić information content (AvgIpc) is 3.38. The monoisotopic (exact) mass is 549 g/mol. The average molecular weight is 550 g/mol. The van der Waals surface area contributed by atoms with Crippen LogP contribution in [0.15, 0.2) is 84.0 Å². The quantitative estimate of drug-likeness (QED) is 0.257. The minimum absolute atomic E-state index is 0.0606. The van der Waals surface area contributed by atoms with E-state index in [-0.39, 0.29) is 40.5 Å². The van der Waals surface area contributed by atoms with Gasteiger partial charge in [-0.3, -0.25) is 10.1 Å². The SMILES string of the molecule is CC1(Nc2c([N+](=O)[O-])cnc3c2ccn3S(=O)(=O)c2ccccc2)CCCN(C(=O)OCc2ccccc2)C1. The molecule has 39 heavy (non-hydrogen) atoms. The summed E-state index contributed by atoms with van der Waals surface area (Å²) in [6.45, 7) is 2.74. The van der Waals surface area contributed by atoms with E-state index in [0.29, 0.717) is 19.4 Å². The number of hydrogen-bond donors (Lipinski definition) is 1. The summed E-state index contributed by atoms with van der Waals surface area (Å²) in [5.41, 5.74) is 0.0408. The fourth-order valence-electron chi connectivity index (χ4n) is 4.83. The standard InChI is InChI=1S/C27H27N5O6S/c1-27(14-8-15-30(19-27)26(33)38-18-20-9-4-2-5-10-20)29-24-22-13-16-31(25(22)28-17-23(24)32(34)35)39(36,37)21-11-6-3-7-12-21/h2-7,9-13,16-17H,8,14-15,18-19H2,1H3,(H,28,29). The van der Waals surface area contributed by atoms with E-state index in [1.54, 1.807) is 23.1 Å². The van der Waals surface area contributed by atoms with Crippen LogP contribution >= 0.6 is 0 Å². The van der Waals surface area contributed by atoms with Gasteiger partial charge in [0.15, 0.2) is 5.65 Å². The van der Waals surface area contributed by atoms with Crippen molar-refractivity contribution in [1.82, 2.24) is 13.9 Å². The smallest absolute Gasteiger partial charge is 0.410 e. The lowest BCUT2D eigenvalue weighted by atomic mass is 9.90. The summed E-state index contributed by atoms with van der Waals surface area (Å²) in [7, 11) is -3.98. The van der Waals surface area contributed by atoms with Gasteiger partial charge in [0, 0.05) is 19.3 Å². The molecule has 5 rings (SSSR count). The summed E-state index contributed by atoms with van der Waals surface area (Å²) in [6, 6.07) is 18.7. The van der Waals surface area contributed by atoms with Crippen molar-refractivity contribution in [3.63, 3.8) is 0 Å². The number of nitrogens with one attached hydrogen (secondary N) is 1. The van der Waals surface area contributed by atoms with Crippen LogP contribution in [0.25, 0.3) is 11.0 Å². The van der Waals surface area contributed by atoms with Crippen molar-refractivity contribution in [2.24, 2.45) is 0 Å². The number of ether oxygens (including phenoxy) is 1. The highest BCUT2D eigenvalue weighted by atomic mass is 32.2. The number of fused-ring (bicyclic) bond motifs is 1. The van der Waals surface area contributed by atoms with Gasteiger partial charge in [0.05, 0.1) is 20.7 Å². The lowest BCUT2D eigenvalue weighted by Crippen LogP contribution is -2.53. The molecule has 1 N–H and O–H groups in total. The van der Waals surface area contributed by atoms with Gasteiger partial charge >= 0.3 is 11.8 Å². The van der Waals surface area contributed by atoms with E-state index in [2.05, 4.69) is 10.3 Å². The minimum Gasteiger partial charge on any atom is -0.445 e. The first-order valence-corrected chi connectivity index (χ1v) is 13.8. The van der Waals surface area contributed by atoms with Crippen LogP contribution in [0.3, 0.4) is 0 Å². The van der Waals surface area contributed by atoms with Crippen LogP contribution in [-0.4, -0.2) is 51.9 Å². The number of rotatable bonds is 7. The third-order valence-corrected chi connectivity index (χ3v) is 8.42. The topological polar surface area (TPSA) is 137 Å². The summed E-state index contributed by atoms with van der Waals surface area (Å²) >= 11 is 0. The maximum absolute atomic E-state index is 13.3. The lowest BCUT2D eigenvalue weighted by molar-refractivity contribution is -0.384. The molecule has 2 aromatic heterocycles. The summed E-state index contributed by atoms with van der Waals surface area (Å²) in [6.07, 6.45) is 3.20. The number of benzene rings is 2. The first-order valence-electron chi connectivity index (χ1n) is 12.4. The van der Waals surface area contributed by atoms with Gasteiger partial charge in [-0.2, -0.15) is 0 Å². The Hall–Kier alpha value is -4.45. The van der Waals surface area contributed by atoms with E-state index >= 15 is 0 Å². The second-order valence-electron chi connectivity index (χ2n) is 9.69. The summed E-state index contributed by atoms with van der Waals surface area (Å²) in [5, 5.41) is 15.5. The van der Waals surface area contributed by atoms with Crippen molar-refractivity contribution < 1.29 is 22.9 Å². The molecule has 4 aromatic rings. The van der Waals surface area contributed by atoms with E-state index in [0.717, 1.165) is 15.7 Å². The number of nitro groups is 1. The Labute approximate surface area is 225 Å². The molecule has 1 unspecified atom stereocenters. The Kier molecular flexibility index (Phi) is 6.96. The first-order chi connectivity index (χ1) is 18.7. The Balaban J connectivity index is 1.44.